The highest BCUT2D eigenvalue weighted by Crippen LogP contribution is 2.14. The number of rotatable bonds is 4. The lowest BCUT2D eigenvalue weighted by atomic mass is 10.0. The molecule has 0 unspecified atom stereocenters. The summed E-state index contributed by atoms with van der Waals surface area (Å²) in [7, 11) is 0. The van der Waals surface area contributed by atoms with Crippen molar-refractivity contribution in [3.05, 3.63) is 29.8 Å². The van der Waals surface area contributed by atoms with E-state index in [4.69, 9.17) is 4.74 Å². The number of nitrogens with one attached hydrogen (secondary N) is 2. The summed E-state index contributed by atoms with van der Waals surface area (Å²) in [5.41, 5.74) is 1.08. The lowest BCUT2D eigenvalue weighted by Gasteiger charge is -2.31. The Kier molecular flexibility index (Phi) is 6.17. The number of nitrogens with zero attached hydrogens (tertiary/aromatic N) is 1. The molecule has 1 aromatic carbocycles. The Morgan fingerprint density at radius 2 is 1.96 bits per heavy atom. The van der Waals surface area contributed by atoms with E-state index in [1.807, 2.05) is 0 Å². The van der Waals surface area contributed by atoms with Gasteiger partial charge in [-0.15, -0.1) is 0 Å². The zero-order valence-electron chi connectivity index (χ0n) is 14.0. The molecule has 1 saturated heterocycles. The highest BCUT2D eigenvalue weighted by atomic mass is 16.6. The Hall–Kier alpha value is -2.57. The third kappa shape index (κ3) is 4.97. The Labute approximate surface area is 141 Å². The van der Waals surface area contributed by atoms with E-state index < -0.39 is 0 Å². The van der Waals surface area contributed by atoms with Crippen molar-refractivity contribution >= 4 is 23.6 Å². The molecular formula is C17H23N3O4. The van der Waals surface area contributed by atoms with Crippen LogP contribution in [0.15, 0.2) is 24.3 Å². The van der Waals surface area contributed by atoms with E-state index in [-0.39, 0.29) is 23.9 Å². The van der Waals surface area contributed by atoms with Crippen LogP contribution in [-0.4, -0.2) is 48.5 Å². The molecule has 2 rings (SSSR count). The van der Waals surface area contributed by atoms with Gasteiger partial charge >= 0.3 is 6.09 Å². The molecule has 0 spiro atoms. The second-order valence-electron chi connectivity index (χ2n) is 5.70. The van der Waals surface area contributed by atoms with Crippen LogP contribution in [0, 0.1) is 0 Å². The second-order valence-corrected chi connectivity index (χ2v) is 5.70. The average Bonchev–Trinajstić information content (AvgIpc) is 2.55. The van der Waals surface area contributed by atoms with Gasteiger partial charge in [-0.1, -0.05) is 6.07 Å². The van der Waals surface area contributed by atoms with E-state index in [0.717, 1.165) is 0 Å². The van der Waals surface area contributed by atoms with Gasteiger partial charge in [0.1, 0.15) is 0 Å². The number of likely N-dealkylation sites (tertiary alicyclic amines) is 1. The fourth-order valence-corrected chi connectivity index (χ4v) is 2.63. The third-order valence-corrected chi connectivity index (χ3v) is 3.80. The van der Waals surface area contributed by atoms with E-state index in [2.05, 4.69) is 10.6 Å². The van der Waals surface area contributed by atoms with Crippen LogP contribution in [0.3, 0.4) is 0 Å². The van der Waals surface area contributed by atoms with Crippen molar-refractivity contribution < 1.29 is 19.1 Å². The van der Waals surface area contributed by atoms with Gasteiger partial charge < -0.3 is 20.3 Å². The molecule has 0 radical (unpaired) electrons. The molecule has 0 aliphatic carbocycles. The minimum Gasteiger partial charge on any atom is -0.450 e. The second kappa shape index (κ2) is 8.33. The molecule has 0 aromatic heterocycles. The van der Waals surface area contributed by atoms with Gasteiger partial charge in [-0.05, 0) is 38.0 Å². The van der Waals surface area contributed by atoms with Crippen molar-refractivity contribution in [1.82, 2.24) is 10.2 Å². The number of hydrogen-bond donors (Lipinski definition) is 2. The molecule has 130 valence electrons. The van der Waals surface area contributed by atoms with Gasteiger partial charge in [0.2, 0.25) is 5.91 Å². The van der Waals surface area contributed by atoms with Crippen LogP contribution in [0.1, 0.15) is 37.0 Å². The van der Waals surface area contributed by atoms with Crippen LogP contribution >= 0.6 is 0 Å². The predicted octanol–water partition coefficient (Wildman–Crippen LogP) is 2.00. The van der Waals surface area contributed by atoms with Gasteiger partial charge in [-0.3, -0.25) is 9.59 Å². The Balaban J connectivity index is 1.87. The van der Waals surface area contributed by atoms with Crippen molar-refractivity contribution in [3.8, 4) is 0 Å². The van der Waals surface area contributed by atoms with Crippen molar-refractivity contribution in [2.75, 3.05) is 25.0 Å². The fourth-order valence-electron chi connectivity index (χ4n) is 2.63. The first kappa shape index (κ1) is 17.8. The minimum absolute atomic E-state index is 0.0209. The largest absolute Gasteiger partial charge is 0.450 e. The topological polar surface area (TPSA) is 87.7 Å². The molecule has 1 fully saturated rings. The summed E-state index contributed by atoms with van der Waals surface area (Å²) in [6, 6.07) is 6.82. The van der Waals surface area contributed by atoms with Crippen molar-refractivity contribution in [3.63, 3.8) is 0 Å². The summed E-state index contributed by atoms with van der Waals surface area (Å²) < 4.78 is 4.98. The molecule has 1 aliphatic heterocycles. The molecule has 7 nitrogen and oxygen atoms in total. The van der Waals surface area contributed by atoms with Crippen LogP contribution in [-0.2, 0) is 9.53 Å². The van der Waals surface area contributed by atoms with E-state index >= 15 is 0 Å². The molecule has 3 amide bonds. The molecule has 1 aliphatic rings. The highest BCUT2D eigenvalue weighted by Gasteiger charge is 2.24. The molecule has 0 atom stereocenters. The maximum Gasteiger partial charge on any atom is 0.409 e. The quantitative estimate of drug-likeness (QED) is 0.882. The van der Waals surface area contributed by atoms with Gasteiger partial charge in [-0.25, -0.2) is 4.79 Å². The zero-order valence-corrected chi connectivity index (χ0v) is 14.0. The molecule has 0 saturated carbocycles. The maximum absolute atomic E-state index is 12.3. The van der Waals surface area contributed by atoms with Crippen molar-refractivity contribution in [2.24, 2.45) is 0 Å². The van der Waals surface area contributed by atoms with Crippen LogP contribution in [0.4, 0.5) is 10.5 Å². The predicted molar refractivity (Wildman–Crippen MR) is 89.8 cm³/mol. The Bertz CT molecular complexity index is 610. The molecule has 24 heavy (non-hydrogen) atoms. The van der Waals surface area contributed by atoms with Crippen LogP contribution < -0.4 is 10.6 Å². The number of piperidine rings is 1. The number of anilines is 1. The smallest absolute Gasteiger partial charge is 0.409 e. The van der Waals surface area contributed by atoms with Gasteiger partial charge in [0.15, 0.2) is 0 Å². The summed E-state index contributed by atoms with van der Waals surface area (Å²) in [4.78, 5) is 36.7. The van der Waals surface area contributed by atoms with E-state index in [0.29, 0.717) is 43.8 Å². The maximum atomic E-state index is 12.3. The number of carbonyl (C=O) groups excluding carboxylic acids is 3. The third-order valence-electron chi connectivity index (χ3n) is 3.80. The van der Waals surface area contributed by atoms with Crippen molar-refractivity contribution in [2.45, 2.75) is 32.7 Å². The van der Waals surface area contributed by atoms with E-state index in [1.54, 1.807) is 36.1 Å². The van der Waals surface area contributed by atoms with Crippen LogP contribution in [0.25, 0.3) is 0 Å². The molecule has 0 bridgehead atoms. The first-order valence-electron chi connectivity index (χ1n) is 8.09. The molecule has 1 heterocycles. The van der Waals surface area contributed by atoms with Gasteiger partial charge in [-0.2, -0.15) is 0 Å². The van der Waals surface area contributed by atoms with Gasteiger partial charge in [0, 0.05) is 37.3 Å². The monoisotopic (exact) mass is 333 g/mol. The molecule has 1 aromatic rings. The Morgan fingerprint density at radius 3 is 2.58 bits per heavy atom. The Morgan fingerprint density at radius 1 is 1.25 bits per heavy atom. The van der Waals surface area contributed by atoms with Crippen LogP contribution in [0.5, 0.6) is 0 Å². The SMILES string of the molecule is CCOC(=O)N1CCC(NC(=O)c2cccc(NC(C)=O)c2)CC1. The average molecular weight is 333 g/mol. The number of hydrogen-bond acceptors (Lipinski definition) is 4. The minimum atomic E-state index is -0.301. The fraction of sp³-hybridized carbons (Fsp3) is 0.471. The molecular weight excluding hydrogens is 310 g/mol. The lowest BCUT2D eigenvalue weighted by molar-refractivity contribution is -0.114. The molecule has 2 N–H and O–H groups in total. The first-order chi connectivity index (χ1) is 11.5. The summed E-state index contributed by atoms with van der Waals surface area (Å²) in [5.74, 6) is -0.365. The summed E-state index contributed by atoms with van der Waals surface area (Å²) in [5, 5.41) is 5.63. The summed E-state index contributed by atoms with van der Waals surface area (Å²) in [6.45, 7) is 4.69. The van der Waals surface area contributed by atoms with E-state index in [9.17, 15) is 14.4 Å². The molecule has 7 heteroatoms. The van der Waals surface area contributed by atoms with Crippen molar-refractivity contribution in [1.29, 1.82) is 0 Å². The zero-order chi connectivity index (χ0) is 17.5. The number of ether oxygens (including phenoxy) is 1. The lowest BCUT2D eigenvalue weighted by Crippen LogP contribution is -2.46. The summed E-state index contributed by atoms with van der Waals surface area (Å²) >= 11 is 0. The summed E-state index contributed by atoms with van der Waals surface area (Å²) in [6.07, 6.45) is 1.08. The van der Waals surface area contributed by atoms with Gasteiger partial charge in [0.25, 0.3) is 5.91 Å². The highest BCUT2D eigenvalue weighted by molar-refractivity contribution is 5.96. The first-order valence-corrected chi connectivity index (χ1v) is 8.09. The van der Waals surface area contributed by atoms with Gasteiger partial charge in [0.05, 0.1) is 6.61 Å². The number of benzene rings is 1. The number of carbonyl (C=O) groups is 3. The number of amides is 3. The van der Waals surface area contributed by atoms with Crippen LogP contribution in [0.2, 0.25) is 0 Å². The normalized spacial score (nSPS) is 14.8. The van der Waals surface area contributed by atoms with E-state index in [1.165, 1.54) is 6.92 Å². The standard InChI is InChI=1S/C17H23N3O4/c1-3-24-17(23)20-9-7-14(8-10-20)19-16(22)13-5-4-6-15(11-13)18-12(2)21/h4-6,11,14H,3,7-10H2,1-2H3,(H,18,21)(H,19,22).